The van der Waals surface area contributed by atoms with Crippen molar-refractivity contribution in [2.24, 2.45) is 5.92 Å². The lowest BCUT2D eigenvalue weighted by atomic mass is 9.96. The Morgan fingerprint density at radius 3 is 2.14 bits per heavy atom. The molecule has 0 aliphatic rings. The zero-order chi connectivity index (χ0) is 11.1. The molecule has 1 unspecified atom stereocenters. The van der Waals surface area contributed by atoms with Gasteiger partial charge < -0.3 is 10.2 Å². The van der Waals surface area contributed by atoms with Crippen LogP contribution in [-0.4, -0.2) is 27.9 Å². The molecule has 0 spiro atoms. The standard InChI is InChI=1S/C9H14O5/c1-2-3-4-7(10)6(9(13)14)5-8(11)12/h6H,2-5H2,1H3,(H,11,12)(H,13,14). The van der Waals surface area contributed by atoms with Crippen LogP contribution in [0.3, 0.4) is 0 Å². The molecule has 0 aliphatic carbocycles. The zero-order valence-corrected chi connectivity index (χ0v) is 8.02. The van der Waals surface area contributed by atoms with Crippen LogP contribution in [0.25, 0.3) is 0 Å². The van der Waals surface area contributed by atoms with E-state index in [4.69, 9.17) is 10.2 Å². The minimum atomic E-state index is -1.39. The highest BCUT2D eigenvalue weighted by Gasteiger charge is 2.27. The summed E-state index contributed by atoms with van der Waals surface area (Å²) in [6, 6.07) is 0. The quantitative estimate of drug-likeness (QED) is 0.599. The normalized spacial score (nSPS) is 12.1. The number of rotatable bonds is 7. The summed E-state index contributed by atoms with van der Waals surface area (Å²) in [6.07, 6.45) is 0.895. The zero-order valence-electron chi connectivity index (χ0n) is 8.02. The van der Waals surface area contributed by atoms with Gasteiger partial charge in [0, 0.05) is 6.42 Å². The van der Waals surface area contributed by atoms with Crippen LogP contribution < -0.4 is 0 Å². The first-order valence-corrected chi connectivity index (χ1v) is 4.46. The van der Waals surface area contributed by atoms with E-state index < -0.39 is 30.1 Å². The number of hydrogen-bond donors (Lipinski definition) is 2. The SMILES string of the molecule is CCCCC(=O)C(CC(=O)O)C(=O)O. The molecule has 80 valence electrons. The van der Waals surface area contributed by atoms with Gasteiger partial charge in [0.05, 0.1) is 6.42 Å². The van der Waals surface area contributed by atoms with E-state index >= 15 is 0 Å². The molecule has 0 aromatic rings. The fraction of sp³-hybridized carbons (Fsp3) is 0.667. The molecule has 0 saturated carbocycles. The maximum Gasteiger partial charge on any atom is 0.314 e. The maximum absolute atomic E-state index is 11.2. The highest BCUT2D eigenvalue weighted by molar-refractivity contribution is 6.00. The topological polar surface area (TPSA) is 91.7 Å². The van der Waals surface area contributed by atoms with Crippen LogP contribution in [0.2, 0.25) is 0 Å². The molecule has 0 bridgehead atoms. The number of ketones is 1. The van der Waals surface area contributed by atoms with E-state index in [9.17, 15) is 14.4 Å². The number of carboxylic acid groups (broad SMARTS) is 2. The third kappa shape index (κ3) is 4.59. The summed E-state index contributed by atoms with van der Waals surface area (Å²) >= 11 is 0. The molecule has 0 aromatic heterocycles. The number of unbranched alkanes of at least 4 members (excludes halogenated alkanes) is 1. The van der Waals surface area contributed by atoms with Gasteiger partial charge in [0.2, 0.25) is 0 Å². The van der Waals surface area contributed by atoms with Crippen molar-refractivity contribution < 1.29 is 24.6 Å². The smallest absolute Gasteiger partial charge is 0.314 e. The summed E-state index contributed by atoms with van der Waals surface area (Å²) in [5.74, 6) is -4.50. The summed E-state index contributed by atoms with van der Waals surface area (Å²) in [6.45, 7) is 1.88. The van der Waals surface area contributed by atoms with Crippen LogP contribution in [0.1, 0.15) is 32.6 Å². The lowest BCUT2D eigenvalue weighted by molar-refractivity contribution is -0.152. The van der Waals surface area contributed by atoms with Gasteiger partial charge in [-0.05, 0) is 6.42 Å². The number of carbonyl (C=O) groups excluding carboxylic acids is 1. The molecule has 0 saturated heterocycles. The molecule has 14 heavy (non-hydrogen) atoms. The second-order valence-electron chi connectivity index (χ2n) is 3.06. The van der Waals surface area contributed by atoms with Gasteiger partial charge in [-0.1, -0.05) is 13.3 Å². The van der Waals surface area contributed by atoms with Gasteiger partial charge in [-0.15, -0.1) is 0 Å². The van der Waals surface area contributed by atoms with Gasteiger partial charge in [0.1, 0.15) is 11.7 Å². The van der Waals surface area contributed by atoms with E-state index in [1.54, 1.807) is 0 Å². The first-order valence-electron chi connectivity index (χ1n) is 4.46. The summed E-state index contributed by atoms with van der Waals surface area (Å²) in [5.41, 5.74) is 0. The predicted molar refractivity (Wildman–Crippen MR) is 47.9 cm³/mol. The van der Waals surface area contributed by atoms with Crippen LogP contribution in [0.5, 0.6) is 0 Å². The van der Waals surface area contributed by atoms with E-state index in [-0.39, 0.29) is 6.42 Å². The third-order valence-corrected chi connectivity index (χ3v) is 1.84. The van der Waals surface area contributed by atoms with Crippen molar-refractivity contribution in [3.05, 3.63) is 0 Å². The molecule has 5 nitrogen and oxygen atoms in total. The van der Waals surface area contributed by atoms with Crippen molar-refractivity contribution in [3.8, 4) is 0 Å². The van der Waals surface area contributed by atoms with Gasteiger partial charge in [0.25, 0.3) is 0 Å². The van der Waals surface area contributed by atoms with Gasteiger partial charge in [0.15, 0.2) is 0 Å². The Kier molecular flexibility index (Phi) is 5.52. The third-order valence-electron chi connectivity index (χ3n) is 1.84. The predicted octanol–water partition coefficient (Wildman–Crippen LogP) is 0.921. The fourth-order valence-corrected chi connectivity index (χ4v) is 1.04. The molecule has 1 atom stereocenters. The van der Waals surface area contributed by atoms with Gasteiger partial charge in [-0.3, -0.25) is 14.4 Å². The highest BCUT2D eigenvalue weighted by atomic mass is 16.4. The van der Waals surface area contributed by atoms with E-state index in [0.717, 1.165) is 6.42 Å². The minimum absolute atomic E-state index is 0.140. The van der Waals surface area contributed by atoms with Gasteiger partial charge in [-0.2, -0.15) is 0 Å². The van der Waals surface area contributed by atoms with Crippen LogP contribution in [-0.2, 0) is 14.4 Å². The van der Waals surface area contributed by atoms with Crippen molar-refractivity contribution in [2.75, 3.05) is 0 Å². The summed E-state index contributed by atoms with van der Waals surface area (Å²) < 4.78 is 0. The molecule has 0 aromatic carbocycles. The summed E-state index contributed by atoms with van der Waals surface area (Å²) in [7, 11) is 0. The van der Waals surface area contributed by atoms with Crippen molar-refractivity contribution in [2.45, 2.75) is 32.6 Å². The van der Waals surface area contributed by atoms with Crippen molar-refractivity contribution in [1.29, 1.82) is 0 Å². The lowest BCUT2D eigenvalue weighted by Gasteiger charge is -2.07. The van der Waals surface area contributed by atoms with Crippen LogP contribution >= 0.6 is 0 Å². The molecule has 0 radical (unpaired) electrons. The molecule has 2 N–H and O–H groups in total. The van der Waals surface area contributed by atoms with E-state index in [0.29, 0.717) is 6.42 Å². The maximum atomic E-state index is 11.2. The molecule has 0 amide bonds. The van der Waals surface area contributed by atoms with Crippen LogP contribution in [0.15, 0.2) is 0 Å². The van der Waals surface area contributed by atoms with Crippen LogP contribution in [0.4, 0.5) is 0 Å². The van der Waals surface area contributed by atoms with Crippen molar-refractivity contribution >= 4 is 17.7 Å². The molecular weight excluding hydrogens is 188 g/mol. The molecular formula is C9H14O5. The average molecular weight is 202 g/mol. The number of carboxylic acids is 2. The largest absolute Gasteiger partial charge is 0.481 e. The Bertz CT molecular complexity index is 233. The van der Waals surface area contributed by atoms with E-state index in [1.807, 2.05) is 6.92 Å². The van der Waals surface area contributed by atoms with Gasteiger partial charge >= 0.3 is 11.9 Å². The molecule has 0 fully saturated rings. The van der Waals surface area contributed by atoms with Crippen molar-refractivity contribution in [1.82, 2.24) is 0 Å². The Morgan fingerprint density at radius 2 is 1.79 bits per heavy atom. The van der Waals surface area contributed by atoms with Crippen molar-refractivity contribution in [3.63, 3.8) is 0 Å². The summed E-state index contributed by atoms with van der Waals surface area (Å²) in [4.78, 5) is 32.1. The fourth-order valence-electron chi connectivity index (χ4n) is 1.04. The molecule has 0 aliphatic heterocycles. The molecule has 0 heterocycles. The second kappa shape index (κ2) is 6.12. The Labute approximate surface area is 81.7 Å². The highest BCUT2D eigenvalue weighted by Crippen LogP contribution is 2.10. The monoisotopic (exact) mass is 202 g/mol. The lowest BCUT2D eigenvalue weighted by Crippen LogP contribution is -2.26. The number of carbonyl (C=O) groups is 3. The first kappa shape index (κ1) is 12.6. The van der Waals surface area contributed by atoms with E-state index in [2.05, 4.69) is 0 Å². The number of Topliss-reactive ketones (excluding diaryl/α,β-unsaturated/α-hetero) is 1. The van der Waals surface area contributed by atoms with Gasteiger partial charge in [-0.25, -0.2) is 0 Å². The summed E-state index contributed by atoms with van der Waals surface area (Å²) in [5, 5.41) is 17.0. The number of hydrogen-bond acceptors (Lipinski definition) is 3. The molecule has 5 heteroatoms. The Hall–Kier alpha value is -1.39. The average Bonchev–Trinajstić information content (AvgIpc) is 2.09. The van der Waals surface area contributed by atoms with Crippen LogP contribution in [0, 0.1) is 5.92 Å². The minimum Gasteiger partial charge on any atom is -0.481 e. The second-order valence-corrected chi connectivity index (χ2v) is 3.06. The first-order chi connectivity index (χ1) is 6.49. The van der Waals surface area contributed by atoms with E-state index in [1.165, 1.54) is 0 Å². The molecule has 0 rings (SSSR count). The Balaban J connectivity index is 4.26. The Morgan fingerprint density at radius 1 is 1.21 bits per heavy atom. The number of aliphatic carboxylic acids is 2.